The van der Waals surface area contributed by atoms with E-state index in [1.807, 2.05) is 0 Å². The second-order valence-corrected chi connectivity index (χ2v) is 7.77. The molecule has 0 bridgehead atoms. The Morgan fingerprint density at radius 3 is 2.04 bits per heavy atom. The summed E-state index contributed by atoms with van der Waals surface area (Å²) in [4.78, 5) is 3.56. The fourth-order valence-corrected chi connectivity index (χ4v) is 3.60. The lowest BCUT2D eigenvalue weighted by Gasteiger charge is -2.11. The molecular formula is C16H10Cl2F3N3O2S. The molecule has 1 N–H and O–H groups in total. The Labute approximate surface area is 162 Å². The van der Waals surface area contributed by atoms with Crippen LogP contribution in [-0.4, -0.2) is 18.0 Å². The van der Waals surface area contributed by atoms with Crippen LogP contribution in [0.15, 0.2) is 59.8 Å². The highest BCUT2D eigenvalue weighted by atomic mass is 35.5. The van der Waals surface area contributed by atoms with Gasteiger partial charge in [-0.05, 0) is 48.5 Å². The first kappa shape index (κ1) is 19.5. The standard InChI is InChI=1S/C16H10Cl2F3N3O2S/c17-14-15(18)24(9-22-14)12-5-3-11(4-6-12)23-27(25,26)13-7-1-10(2-8-13)16(19,20)21/h1-9,23H. The summed E-state index contributed by atoms with van der Waals surface area (Å²) in [6, 6.07) is 9.32. The smallest absolute Gasteiger partial charge is 0.288 e. The van der Waals surface area contributed by atoms with E-state index in [0.717, 1.165) is 12.1 Å². The minimum Gasteiger partial charge on any atom is -0.288 e. The molecule has 0 radical (unpaired) electrons. The van der Waals surface area contributed by atoms with Crippen molar-refractivity contribution in [1.82, 2.24) is 9.55 Å². The molecule has 0 aliphatic heterocycles. The number of nitrogens with one attached hydrogen (secondary N) is 1. The van der Waals surface area contributed by atoms with Gasteiger partial charge in [0.05, 0.1) is 10.5 Å². The molecule has 0 saturated heterocycles. The van der Waals surface area contributed by atoms with Gasteiger partial charge in [-0.25, -0.2) is 13.4 Å². The van der Waals surface area contributed by atoms with Gasteiger partial charge in [0.25, 0.3) is 10.0 Å². The van der Waals surface area contributed by atoms with Crippen molar-refractivity contribution in [2.24, 2.45) is 0 Å². The van der Waals surface area contributed by atoms with Crippen molar-refractivity contribution in [1.29, 1.82) is 0 Å². The van der Waals surface area contributed by atoms with Crippen LogP contribution in [0.4, 0.5) is 18.9 Å². The number of sulfonamides is 1. The molecule has 0 saturated carbocycles. The Bertz CT molecular complexity index is 1060. The quantitative estimate of drug-likeness (QED) is 0.626. The maximum atomic E-state index is 12.6. The van der Waals surface area contributed by atoms with Crippen LogP contribution in [0.25, 0.3) is 5.69 Å². The second-order valence-electron chi connectivity index (χ2n) is 5.37. The molecule has 0 aliphatic rings. The summed E-state index contributed by atoms with van der Waals surface area (Å²) in [6.07, 6.45) is -3.13. The number of hydrogen-bond donors (Lipinski definition) is 1. The third-order valence-electron chi connectivity index (χ3n) is 3.56. The summed E-state index contributed by atoms with van der Waals surface area (Å²) < 4.78 is 66.2. The molecule has 0 amide bonds. The summed E-state index contributed by atoms with van der Waals surface area (Å²) >= 11 is 11.8. The fraction of sp³-hybridized carbons (Fsp3) is 0.0625. The van der Waals surface area contributed by atoms with Crippen molar-refractivity contribution in [3.8, 4) is 5.69 Å². The first-order valence-electron chi connectivity index (χ1n) is 7.27. The molecule has 11 heteroatoms. The number of benzene rings is 2. The lowest BCUT2D eigenvalue weighted by atomic mass is 10.2. The molecule has 1 heterocycles. The molecule has 0 unspecified atom stereocenters. The van der Waals surface area contributed by atoms with E-state index in [-0.39, 0.29) is 20.9 Å². The van der Waals surface area contributed by atoms with E-state index in [4.69, 9.17) is 23.2 Å². The van der Waals surface area contributed by atoms with Gasteiger partial charge in [-0.1, -0.05) is 23.2 Å². The summed E-state index contributed by atoms with van der Waals surface area (Å²) in [6.45, 7) is 0. The zero-order chi connectivity index (χ0) is 19.8. The van der Waals surface area contributed by atoms with Crippen LogP contribution in [-0.2, 0) is 16.2 Å². The van der Waals surface area contributed by atoms with Crippen LogP contribution in [0, 0.1) is 0 Å². The normalized spacial score (nSPS) is 12.2. The van der Waals surface area contributed by atoms with E-state index in [1.165, 1.54) is 23.0 Å². The Morgan fingerprint density at radius 1 is 0.963 bits per heavy atom. The lowest BCUT2D eigenvalue weighted by molar-refractivity contribution is -0.137. The highest BCUT2D eigenvalue weighted by molar-refractivity contribution is 7.92. The van der Waals surface area contributed by atoms with Crippen LogP contribution < -0.4 is 4.72 Å². The van der Waals surface area contributed by atoms with Crippen molar-refractivity contribution < 1.29 is 21.6 Å². The van der Waals surface area contributed by atoms with Gasteiger partial charge in [-0.15, -0.1) is 0 Å². The largest absolute Gasteiger partial charge is 0.416 e. The summed E-state index contributed by atoms with van der Waals surface area (Å²) in [5.41, 5.74) is -0.112. The van der Waals surface area contributed by atoms with Gasteiger partial charge in [-0.2, -0.15) is 13.2 Å². The van der Waals surface area contributed by atoms with E-state index in [0.29, 0.717) is 17.8 Å². The Hall–Kier alpha value is -2.23. The first-order valence-corrected chi connectivity index (χ1v) is 9.51. The number of imidazole rings is 1. The predicted molar refractivity (Wildman–Crippen MR) is 95.8 cm³/mol. The van der Waals surface area contributed by atoms with Crippen molar-refractivity contribution in [3.05, 3.63) is 70.7 Å². The number of aromatic nitrogens is 2. The van der Waals surface area contributed by atoms with Gasteiger partial charge < -0.3 is 0 Å². The fourth-order valence-electron chi connectivity index (χ4n) is 2.22. The zero-order valence-electron chi connectivity index (χ0n) is 13.2. The van der Waals surface area contributed by atoms with Crippen molar-refractivity contribution in [2.45, 2.75) is 11.1 Å². The van der Waals surface area contributed by atoms with Crippen LogP contribution in [0.5, 0.6) is 0 Å². The molecule has 0 aliphatic carbocycles. The monoisotopic (exact) mass is 435 g/mol. The predicted octanol–water partition coefficient (Wildman–Crippen LogP) is 5.00. The summed E-state index contributed by atoms with van der Waals surface area (Å²) in [5.74, 6) is 0. The molecule has 0 atom stereocenters. The third-order valence-corrected chi connectivity index (χ3v) is 5.69. The molecule has 3 rings (SSSR count). The zero-order valence-corrected chi connectivity index (χ0v) is 15.5. The number of halogens is 5. The SMILES string of the molecule is O=S(=O)(Nc1ccc(-n2cnc(Cl)c2Cl)cc1)c1ccc(C(F)(F)F)cc1. The number of alkyl halides is 3. The Morgan fingerprint density at radius 2 is 1.56 bits per heavy atom. The van der Waals surface area contributed by atoms with Gasteiger partial charge in [0.2, 0.25) is 0 Å². The van der Waals surface area contributed by atoms with Gasteiger partial charge >= 0.3 is 6.18 Å². The van der Waals surface area contributed by atoms with E-state index >= 15 is 0 Å². The van der Waals surface area contributed by atoms with Crippen molar-refractivity contribution >= 4 is 38.9 Å². The van der Waals surface area contributed by atoms with E-state index < -0.39 is 21.8 Å². The second kappa shape index (κ2) is 7.06. The third kappa shape index (κ3) is 4.20. The van der Waals surface area contributed by atoms with Crippen LogP contribution in [0.2, 0.25) is 10.3 Å². The topological polar surface area (TPSA) is 64.0 Å². The highest BCUT2D eigenvalue weighted by Gasteiger charge is 2.30. The molecule has 27 heavy (non-hydrogen) atoms. The minimum absolute atomic E-state index is 0.128. The molecular weight excluding hydrogens is 426 g/mol. The van der Waals surface area contributed by atoms with E-state index in [9.17, 15) is 21.6 Å². The molecule has 0 spiro atoms. The maximum Gasteiger partial charge on any atom is 0.416 e. The molecule has 2 aromatic carbocycles. The molecule has 0 fully saturated rings. The number of rotatable bonds is 4. The lowest BCUT2D eigenvalue weighted by Crippen LogP contribution is -2.13. The van der Waals surface area contributed by atoms with Gasteiger partial charge in [0.15, 0.2) is 10.3 Å². The number of anilines is 1. The number of nitrogens with zero attached hydrogens (tertiary/aromatic N) is 2. The Kier molecular flexibility index (Phi) is 5.11. The summed E-state index contributed by atoms with van der Waals surface area (Å²) in [7, 11) is -4.04. The minimum atomic E-state index is -4.54. The maximum absolute atomic E-state index is 12.6. The molecule has 3 aromatic rings. The van der Waals surface area contributed by atoms with Gasteiger partial charge in [0, 0.05) is 11.4 Å². The van der Waals surface area contributed by atoms with E-state index in [2.05, 4.69) is 9.71 Å². The van der Waals surface area contributed by atoms with Crippen molar-refractivity contribution in [2.75, 3.05) is 4.72 Å². The Balaban J connectivity index is 1.81. The molecule has 1 aromatic heterocycles. The number of hydrogen-bond acceptors (Lipinski definition) is 3. The van der Waals surface area contributed by atoms with Crippen LogP contribution in [0.3, 0.4) is 0 Å². The first-order chi connectivity index (χ1) is 12.6. The highest BCUT2D eigenvalue weighted by Crippen LogP contribution is 2.30. The van der Waals surface area contributed by atoms with Crippen molar-refractivity contribution in [3.63, 3.8) is 0 Å². The summed E-state index contributed by atoms with van der Waals surface area (Å²) in [5, 5.41) is 0.332. The van der Waals surface area contributed by atoms with Crippen LogP contribution >= 0.6 is 23.2 Å². The average Bonchev–Trinajstić information content (AvgIpc) is 2.94. The average molecular weight is 436 g/mol. The van der Waals surface area contributed by atoms with Crippen LogP contribution in [0.1, 0.15) is 5.56 Å². The van der Waals surface area contributed by atoms with Gasteiger partial charge in [0.1, 0.15) is 6.33 Å². The molecule has 5 nitrogen and oxygen atoms in total. The van der Waals surface area contributed by atoms with E-state index in [1.54, 1.807) is 12.1 Å². The molecule has 142 valence electrons. The van der Waals surface area contributed by atoms with Gasteiger partial charge in [-0.3, -0.25) is 9.29 Å².